The van der Waals surface area contributed by atoms with Crippen molar-refractivity contribution < 1.29 is 10.2 Å². The normalized spacial score (nSPS) is 22.1. The summed E-state index contributed by atoms with van der Waals surface area (Å²) in [5.41, 5.74) is 6.36. The van der Waals surface area contributed by atoms with Gasteiger partial charge in [0.05, 0.1) is 17.2 Å². The molecule has 7 nitrogen and oxygen atoms in total. The number of hydrogen-bond acceptors (Lipinski definition) is 7. The Labute approximate surface area is 162 Å². The SMILES string of the molecule is N#Cc1cccc(C=Cc2c(Cl)nc(N)nc2NC2(O)CCC(CO)C2)c1. The number of benzene rings is 1. The second-order valence-electron chi connectivity index (χ2n) is 6.65. The van der Waals surface area contributed by atoms with Crippen LogP contribution in [0.1, 0.15) is 36.0 Å². The van der Waals surface area contributed by atoms with Crippen LogP contribution in [0.25, 0.3) is 12.2 Å². The molecule has 1 heterocycles. The maximum absolute atomic E-state index is 10.8. The molecule has 8 heteroatoms. The van der Waals surface area contributed by atoms with Gasteiger partial charge in [-0.2, -0.15) is 10.2 Å². The van der Waals surface area contributed by atoms with Crippen LogP contribution in [0.3, 0.4) is 0 Å². The van der Waals surface area contributed by atoms with E-state index in [1.165, 1.54) is 0 Å². The van der Waals surface area contributed by atoms with Crippen LogP contribution >= 0.6 is 11.6 Å². The second-order valence-corrected chi connectivity index (χ2v) is 7.01. The van der Waals surface area contributed by atoms with Gasteiger partial charge in [-0.05, 0) is 49.0 Å². The zero-order valence-corrected chi connectivity index (χ0v) is 15.3. The summed E-state index contributed by atoms with van der Waals surface area (Å²) in [7, 11) is 0. The Bertz CT molecular complexity index is 911. The van der Waals surface area contributed by atoms with Crippen molar-refractivity contribution in [1.29, 1.82) is 5.26 Å². The standard InChI is InChI=1S/C19H20ClN5O2/c20-16-15(5-4-12-2-1-3-13(8-12)10-21)17(24-18(22)23-16)25-19(27)7-6-14(9-19)11-26/h1-5,8,14,26-27H,6-7,9,11H2,(H3,22,23,24,25). The molecule has 0 amide bonds. The van der Waals surface area contributed by atoms with E-state index in [2.05, 4.69) is 21.4 Å². The third-order valence-corrected chi connectivity index (χ3v) is 4.86. The number of aromatic nitrogens is 2. The molecule has 0 saturated heterocycles. The average Bonchev–Trinajstić information content (AvgIpc) is 3.02. The van der Waals surface area contributed by atoms with Gasteiger partial charge in [-0.25, -0.2) is 4.98 Å². The predicted molar refractivity (Wildman–Crippen MR) is 105 cm³/mol. The van der Waals surface area contributed by atoms with E-state index in [-0.39, 0.29) is 23.6 Å². The molecule has 0 radical (unpaired) electrons. The lowest BCUT2D eigenvalue weighted by Crippen LogP contribution is -2.36. The van der Waals surface area contributed by atoms with Gasteiger partial charge in [0.15, 0.2) is 0 Å². The highest BCUT2D eigenvalue weighted by Crippen LogP contribution is 2.36. The molecule has 1 aromatic carbocycles. The van der Waals surface area contributed by atoms with Gasteiger partial charge in [0.25, 0.3) is 0 Å². The molecule has 27 heavy (non-hydrogen) atoms. The molecule has 2 unspecified atom stereocenters. The summed E-state index contributed by atoms with van der Waals surface area (Å²) in [6.45, 7) is 0.0264. The van der Waals surface area contributed by atoms with Crippen molar-refractivity contribution in [3.63, 3.8) is 0 Å². The summed E-state index contributed by atoms with van der Waals surface area (Å²) >= 11 is 6.25. The summed E-state index contributed by atoms with van der Waals surface area (Å²) in [6, 6.07) is 9.19. The first-order valence-electron chi connectivity index (χ1n) is 8.55. The Morgan fingerprint density at radius 2 is 2.22 bits per heavy atom. The molecule has 2 aromatic rings. The highest BCUT2D eigenvalue weighted by atomic mass is 35.5. The number of nitrogens with two attached hydrogens (primary N) is 1. The first-order valence-corrected chi connectivity index (χ1v) is 8.93. The number of halogens is 1. The fourth-order valence-electron chi connectivity index (χ4n) is 3.21. The van der Waals surface area contributed by atoms with Gasteiger partial charge in [0.1, 0.15) is 16.7 Å². The number of nitrogen functional groups attached to an aromatic ring is 1. The largest absolute Gasteiger partial charge is 0.396 e. The maximum Gasteiger partial charge on any atom is 0.223 e. The summed E-state index contributed by atoms with van der Waals surface area (Å²) in [5, 5.41) is 32.3. The van der Waals surface area contributed by atoms with Gasteiger partial charge in [0.2, 0.25) is 5.95 Å². The van der Waals surface area contributed by atoms with Gasteiger partial charge in [-0.1, -0.05) is 29.8 Å². The number of rotatable bonds is 5. The van der Waals surface area contributed by atoms with E-state index in [0.29, 0.717) is 36.2 Å². The van der Waals surface area contributed by atoms with Crippen molar-refractivity contribution in [2.75, 3.05) is 17.7 Å². The fraction of sp³-hybridized carbons (Fsp3) is 0.316. The molecule has 1 saturated carbocycles. The number of aliphatic hydroxyl groups is 2. The monoisotopic (exact) mass is 385 g/mol. The molecular weight excluding hydrogens is 366 g/mol. The van der Waals surface area contributed by atoms with Crippen LogP contribution in [0.5, 0.6) is 0 Å². The molecule has 2 atom stereocenters. The summed E-state index contributed by atoms with van der Waals surface area (Å²) in [6.07, 6.45) is 5.08. The molecule has 0 aliphatic heterocycles. The van der Waals surface area contributed by atoms with Gasteiger partial charge in [-0.15, -0.1) is 0 Å². The lowest BCUT2D eigenvalue weighted by molar-refractivity contribution is 0.0682. The van der Waals surface area contributed by atoms with Gasteiger partial charge >= 0.3 is 0 Å². The minimum absolute atomic E-state index is 0.00793. The Kier molecular flexibility index (Phi) is 5.61. The van der Waals surface area contributed by atoms with Crippen LogP contribution in [0.4, 0.5) is 11.8 Å². The van der Waals surface area contributed by atoms with Crippen molar-refractivity contribution >= 4 is 35.5 Å². The van der Waals surface area contributed by atoms with Gasteiger partial charge in [0, 0.05) is 6.61 Å². The molecule has 1 aromatic heterocycles. The third-order valence-electron chi connectivity index (χ3n) is 4.58. The minimum atomic E-state index is -1.19. The van der Waals surface area contributed by atoms with Crippen LogP contribution in [0.2, 0.25) is 5.15 Å². The van der Waals surface area contributed by atoms with E-state index in [0.717, 1.165) is 5.56 Å². The van der Waals surface area contributed by atoms with E-state index >= 15 is 0 Å². The first-order chi connectivity index (χ1) is 12.9. The second kappa shape index (κ2) is 7.92. The van der Waals surface area contributed by atoms with E-state index in [1.54, 1.807) is 30.4 Å². The van der Waals surface area contributed by atoms with Crippen LogP contribution in [-0.4, -0.2) is 32.5 Å². The van der Waals surface area contributed by atoms with Crippen molar-refractivity contribution in [3.05, 3.63) is 46.1 Å². The molecule has 140 valence electrons. The van der Waals surface area contributed by atoms with Crippen molar-refractivity contribution in [1.82, 2.24) is 9.97 Å². The molecular formula is C19H20ClN5O2. The number of nitrogens with zero attached hydrogens (tertiary/aromatic N) is 3. The summed E-state index contributed by atoms with van der Waals surface area (Å²) in [4.78, 5) is 8.16. The van der Waals surface area contributed by atoms with Crippen molar-refractivity contribution in [3.8, 4) is 6.07 Å². The molecule has 3 rings (SSSR count). The first kappa shape index (κ1) is 19.1. The molecule has 1 fully saturated rings. The smallest absolute Gasteiger partial charge is 0.223 e. The van der Waals surface area contributed by atoms with Gasteiger partial charge in [-0.3, -0.25) is 0 Å². The number of nitrogens with one attached hydrogen (secondary N) is 1. The Morgan fingerprint density at radius 3 is 2.93 bits per heavy atom. The lowest BCUT2D eigenvalue weighted by Gasteiger charge is -2.26. The fourth-order valence-corrected chi connectivity index (χ4v) is 3.45. The summed E-state index contributed by atoms with van der Waals surface area (Å²) < 4.78 is 0. The average molecular weight is 386 g/mol. The van der Waals surface area contributed by atoms with E-state index < -0.39 is 5.72 Å². The predicted octanol–water partition coefficient (Wildman–Crippen LogP) is 2.65. The zero-order chi connectivity index (χ0) is 19.4. The molecule has 0 bridgehead atoms. The number of nitriles is 1. The molecule has 0 spiro atoms. The van der Waals surface area contributed by atoms with Crippen molar-refractivity contribution in [2.45, 2.75) is 25.0 Å². The maximum atomic E-state index is 10.8. The van der Waals surface area contributed by atoms with Crippen LogP contribution < -0.4 is 11.1 Å². The molecule has 1 aliphatic carbocycles. The molecule has 1 aliphatic rings. The Morgan fingerprint density at radius 1 is 1.41 bits per heavy atom. The lowest BCUT2D eigenvalue weighted by atomic mass is 10.1. The minimum Gasteiger partial charge on any atom is -0.396 e. The quantitative estimate of drug-likeness (QED) is 0.460. The topological polar surface area (TPSA) is 128 Å². The van der Waals surface area contributed by atoms with Gasteiger partial charge < -0.3 is 21.3 Å². The van der Waals surface area contributed by atoms with E-state index in [1.807, 2.05) is 6.07 Å². The number of aliphatic hydroxyl groups excluding tert-OH is 1. The van der Waals surface area contributed by atoms with Crippen LogP contribution in [-0.2, 0) is 0 Å². The van der Waals surface area contributed by atoms with Crippen LogP contribution in [0, 0.1) is 17.2 Å². The highest BCUT2D eigenvalue weighted by Gasteiger charge is 2.37. The molecule has 5 N–H and O–H groups in total. The zero-order valence-electron chi connectivity index (χ0n) is 14.6. The third kappa shape index (κ3) is 4.55. The van der Waals surface area contributed by atoms with E-state index in [4.69, 9.17) is 22.6 Å². The Balaban J connectivity index is 1.91. The highest BCUT2D eigenvalue weighted by molar-refractivity contribution is 6.31. The summed E-state index contributed by atoms with van der Waals surface area (Å²) in [5.74, 6) is 0.345. The van der Waals surface area contributed by atoms with Crippen LogP contribution in [0.15, 0.2) is 24.3 Å². The number of anilines is 2. The number of hydrogen-bond donors (Lipinski definition) is 4. The van der Waals surface area contributed by atoms with Crippen molar-refractivity contribution in [2.24, 2.45) is 5.92 Å². The van der Waals surface area contributed by atoms with E-state index in [9.17, 15) is 10.2 Å². The Hall–Kier alpha value is -2.66.